The lowest BCUT2D eigenvalue weighted by molar-refractivity contribution is 0.0948. The lowest BCUT2D eigenvalue weighted by Crippen LogP contribution is -2.35. The zero-order valence-corrected chi connectivity index (χ0v) is 15.7. The molecule has 0 radical (unpaired) electrons. The summed E-state index contributed by atoms with van der Waals surface area (Å²) in [5.74, 6) is 0.0219. The van der Waals surface area contributed by atoms with Gasteiger partial charge in [-0.3, -0.25) is 4.79 Å². The van der Waals surface area contributed by atoms with Crippen molar-refractivity contribution in [2.75, 3.05) is 18.4 Å². The third-order valence-electron chi connectivity index (χ3n) is 3.50. The molecule has 1 aromatic heterocycles. The van der Waals surface area contributed by atoms with Gasteiger partial charge in [-0.1, -0.05) is 31.5 Å². The zero-order chi connectivity index (χ0) is 18.9. The Bertz CT molecular complexity index is 748. The quantitative estimate of drug-likeness (QED) is 0.728. The second-order valence-electron chi connectivity index (χ2n) is 5.74. The van der Waals surface area contributed by atoms with Gasteiger partial charge in [0.2, 0.25) is 5.89 Å². The van der Waals surface area contributed by atoms with Crippen molar-refractivity contribution >= 4 is 29.2 Å². The molecule has 0 aliphatic heterocycles. The molecule has 0 aliphatic carbocycles. The molecule has 0 atom stereocenters. The topological polar surface area (TPSA) is 87.5 Å². The first-order valence-corrected chi connectivity index (χ1v) is 8.95. The van der Waals surface area contributed by atoms with Crippen LogP contribution in [-0.2, 0) is 6.54 Å². The van der Waals surface area contributed by atoms with E-state index in [0.29, 0.717) is 29.7 Å². The monoisotopic (exact) mass is 378 g/mol. The van der Waals surface area contributed by atoms with E-state index in [-0.39, 0.29) is 24.2 Å². The number of anilines is 1. The summed E-state index contributed by atoms with van der Waals surface area (Å²) in [5.41, 5.74) is 0.816. The Morgan fingerprint density at radius 2 is 2.08 bits per heavy atom. The Morgan fingerprint density at radius 1 is 1.27 bits per heavy atom. The van der Waals surface area contributed by atoms with Gasteiger partial charge in [-0.15, -0.1) is 0 Å². The van der Waals surface area contributed by atoms with E-state index in [1.165, 1.54) is 6.26 Å². The van der Waals surface area contributed by atoms with Crippen LogP contribution in [0, 0.1) is 0 Å². The number of halogens is 1. The summed E-state index contributed by atoms with van der Waals surface area (Å²) >= 11 is 5.94. The zero-order valence-electron chi connectivity index (χ0n) is 14.9. The lowest BCUT2D eigenvalue weighted by Gasteiger charge is -2.21. The summed E-state index contributed by atoms with van der Waals surface area (Å²) in [7, 11) is 0. The van der Waals surface area contributed by atoms with Crippen LogP contribution in [0.5, 0.6) is 0 Å². The number of hydrogen-bond acceptors (Lipinski definition) is 4. The molecule has 26 heavy (non-hydrogen) atoms. The van der Waals surface area contributed by atoms with Crippen LogP contribution < -0.4 is 10.6 Å². The van der Waals surface area contributed by atoms with E-state index >= 15 is 0 Å². The van der Waals surface area contributed by atoms with E-state index in [4.69, 9.17) is 16.0 Å². The molecule has 0 fully saturated rings. The van der Waals surface area contributed by atoms with Crippen LogP contribution in [0.3, 0.4) is 0 Å². The van der Waals surface area contributed by atoms with E-state index < -0.39 is 0 Å². The number of amides is 3. The summed E-state index contributed by atoms with van der Waals surface area (Å²) in [6, 6.07) is 6.64. The summed E-state index contributed by atoms with van der Waals surface area (Å²) in [4.78, 5) is 30.2. The maximum Gasteiger partial charge on any atom is 0.322 e. The van der Waals surface area contributed by atoms with Gasteiger partial charge in [-0.05, 0) is 31.0 Å². The highest BCUT2D eigenvalue weighted by Crippen LogP contribution is 2.16. The molecule has 0 spiro atoms. The Morgan fingerprint density at radius 3 is 2.77 bits per heavy atom. The third-order valence-corrected chi connectivity index (χ3v) is 3.74. The van der Waals surface area contributed by atoms with Gasteiger partial charge < -0.3 is 20.0 Å². The number of nitrogens with one attached hydrogen (secondary N) is 2. The standard InChI is InChI=1S/C18H23ClN4O3/c1-3-8-20-17(24)15-12-26-16(22-15)11-23(9-4-2)18(25)21-14-7-5-6-13(19)10-14/h5-7,10,12H,3-4,8-9,11H2,1-2H3,(H,20,24)(H,21,25). The molecule has 0 bridgehead atoms. The van der Waals surface area contributed by atoms with Crippen LogP contribution in [0.15, 0.2) is 34.9 Å². The maximum atomic E-state index is 12.5. The summed E-state index contributed by atoms with van der Waals surface area (Å²) < 4.78 is 5.35. The van der Waals surface area contributed by atoms with E-state index in [0.717, 1.165) is 12.8 Å². The molecule has 1 aromatic carbocycles. The molecule has 0 saturated heterocycles. The molecule has 0 saturated carbocycles. The van der Waals surface area contributed by atoms with E-state index in [2.05, 4.69) is 15.6 Å². The predicted octanol–water partition coefficient (Wildman–Crippen LogP) is 3.91. The first-order valence-electron chi connectivity index (χ1n) is 8.57. The number of benzene rings is 1. The van der Waals surface area contributed by atoms with Crippen molar-refractivity contribution in [3.05, 3.63) is 47.1 Å². The van der Waals surface area contributed by atoms with Crippen molar-refractivity contribution in [3.63, 3.8) is 0 Å². The van der Waals surface area contributed by atoms with E-state index in [1.807, 2.05) is 13.8 Å². The fourth-order valence-corrected chi connectivity index (χ4v) is 2.46. The Hall–Kier alpha value is -2.54. The Labute approximate surface area is 157 Å². The molecular weight excluding hydrogens is 356 g/mol. The average Bonchev–Trinajstić information content (AvgIpc) is 3.08. The van der Waals surface area contributed by atoms with Crippen molar-refractivity contribution in [2.24, 2.45) is 0 Å². The molecule has 7 nitrogen and oxygen atoms in total. The Balaban J connectivity index is 2.02. The van der Waals surface area contributed by atoms with E-state index in [9.17, 15) is 9.59 Å². The molecule has 2 rings (SSSR count). The summed E-state index contributed by atoms with van der Waals surface area (Å²) in [6.07, 6.45) is 2.91. The number of nitrogens with zero attached hydrogens (tertiary/aromatic N) is 2. The number of oxazole rings is 1. The molecular formula is C18H23ClN4O3. The van der Waals surface area contributed by atoms with Crippen molar-refractivity contribution in [1.29, 1.82) is 0 Å². The maximum absolute atomic E-state index is 12.5. The summed E-state index contributed by atoms with van der Waals surface area (Å²) in [5, 5.41) is 6.08. The van der Waals surface area contributed by atoms with Crippen molar-refractivity contribution < 1.29 is 14.0 Å². The Kier molecular flexibility index (Phi) is 7.47. The third kappa shape index (κ3) is 5.77. The van der Waals surface area contributed by atoms with E-state index in [1.54, 1.807) is 29.2 Å². The van der Waals surface area contributed by atoms with Crippen LogP contribution >= 0.6 is 11.6 Å². The second kappa shape index (κ2) is 9.82. The van der Waals surface area contributed by atoms with Gasteiger partial charge in [0.1, 0.15) is 6.26 Å². The first-order chi connectivity index (χ1) is 12.5. The molecule has 8 heteroatoms. The van der Waals surface area contributed by atoms with Gasteiger partial charge in [0.25, 0.3) is 5.91 Å². The molecule has 2 N–H and O–H groups in total. The normalized spacial score (nSPS) is 10.4. The molecule has 140 valence electrons. The fraction of sp³-hybridized carbons (Fsp3) is 0.389. The van der Waals surface area contributed by atoms with Gasteiger partial charge in [-0.25, -0.2) is 9.78 Å². The predicted molar refractivity (Wildman–Crippen MR) is 100 cm³/mol. The van der Waals surface area contributed by atoms with Crippen molar-refractivity contribution in [2.45, 2.75) is 33.2 Å². The van der Waals surface area contributed by atoms with Gasteiger partial charge in [0, 0.05) is 23.8 Å². The van der Waals surface area contributed by atoms with Gasteiger partial charge in [0.15, 0.2) is 5.69 Å². The minimum atomic E-state index is -0.288. The highest BCUT2D eigenvalue weighted by Gasteiger charge is 2.18. The van der Waals surface area contributed by atoms with Crippen LogP contribution in [0.1, 0.15) is 43.1 Å². The van der Waals surface area contributed by atoms with Gasteiger partial charge in [-0.2, -0.15) is 0 Å². The average molecular weight is 379 g/mol. The van der Waals surface area contributed by atoms with Crippen LogP contribution in [-0.4, -0.2) is 34.9 Å². The van der Waals surface area contributed by atoms with Crippen LogP contribution in [0.2, 0.25) is 5.02 Å². The number of carbonyl (C=O) groups excluding carboxylic acids is 2. The number of hydrogen-bond donors (Lipinski definition) is 2. The second-order valence-corrected chi connectivity index (χ2v) is 6.18. The molecule has 2 aromatic rings. The van der Waals surface area contributed by atoms with Crippen molar-refractivity contribution in [1.82, 2.24) is 15.2 Å². The fourth-order valence-electron chi connectivity index (χ4n) is 2.27. The van der Waals surface area contributed by atoms with Gasteiger partial charge in [0.05, 0.1) is 6.54 Å². The molecule has 1 heterocycles. The van der Waals surface area contributed by atoms with Gasteiger partial charge >= 0.3 is 6.03 Å². The SMILES string of the molecule is CCCNC(=O)c1coc(CN(CCC)C(=O)Nc2cccc(Cl)c2)n1. The molecule has 0 unspecified atom stereocenters. The van der Waals surface area contributed by atoms with Crippen molar-refractivity contribution in [3.8, 4) is 0 Å². The number of rotatable bonds is 8. The van der Waals surface area contributed by atoms with Crippen LogP contribution in [0.4, 0.5) is 10.5 Å². The number of carbonyl (C=O) groups is 2. The number of aromatic nitrogens is 1. The molecule has 3 amide bonds. The minimum Gasteiger partial charge on any atom is -0.446 e. The van der Waals surface area contributed by atoms with Crippen LogP contribution in [0.25, 0.3) is 0 Å². The highest BCUT2D eigenvalue weighted by molar-refractivity contribution is 6.30. The smallest absolute Gasteiger partial charge is 0.322 e. The lowest BCUT2D eigenvalue weighted by atomic mass is 10.3. The number of urea groups is 1. The summed E-state index contributed by atoms with van der Waals surface area (Å²) in [6.45, 7) is 5.20. The molecule has 0 aliphatic rings. The largest absolute Gasteiger partial charge is 0.446 e. The first kappa shape index (κ1) is 19.8. The highest BCUT2D eigenvalue weighted by atomic mass is 35.5. The minimum absolute atomic E-state index is 0.168.